The normalized spacial score (nSPS) is 11.6. The van der Waals surface area contributed by atoms with Crippen molar-refractivity contribution in [2.24, 2.45) is 0 Å². The Labute approximate surface area is 115 Å². The molecule has 1 aromatic carbocycles. The molecule has 0 atom stereocenters. The van der Waals surface area contributed by atoms with Gasteiger partial charge in [0.15, 0.2) is 0 Å². The van der Waals surface area contributed by atoms with Crippen molar-refractivity contribution in [3.05, 3.63) is 28.2 Å². The average molecular weight is 310 g/mol. The number of hydrogen-bond acceptors (Lipinski definition) is 4. The summed E-state index contributed by atoms with van der Waals surface area (Å²) < 4.78 is 6.15. The Morgan fingerprint density at radius 3 is 2.61 bits per heavy atom. The van der Waals surface area contributed by atoms with E-state index in [1.165, 1.54) is 5.56 Å². The van der Waals surface area contributed by atoms with Crippen molar-refractivity contribution in [2.45, 2.75) is 33.2 Å². The molecule has 4 nitrogen and oxygen atoms in total. The Morgan fingerprint density at radius 1 is 1.28 bits per heavy atom. The lowest BCUT2D eigenvalue weighted by Crippen LogP contribution is -2.26. The molecule has 5 heteroatoms. The summed E-state index contributed by atoms with van der Waals surface area (Å²) in [6.07, 6.45) is 0. The van der Waals surface area contributed by atoms with Crippen LogP contribution in [-0.2, 0) is 0 Å². The topological polar surface area (TPSA) is 51.0 Å². The average Bonchev–Trinajstić information content (AvgIpc) is 2.63. The van der Waals surface area contributed by atoms with Crippen LogP contribution in [0.15, 0.2) is 27.2 Å². The summed E-state index contributed by atoms with van der Waals surface area (Å²) >= 11 is 3.51. The molecule has 0 saturated carbocycles. The van der Waals surface area contributed by atoms with E-state index < -0.39 is 0 Å². The standard InChI is InChI=1S/C13H16BrN3O/c1-8-5-6-9(10(14)7-8)11-15-12(18-17-11)16-13(2,3)4/h5-7H,1-4H3,(H,15,16,17). The minimum atomic E-state index is -0.103. The molecule has 0 aliphatic heterocycles. The Bertz CT molecular complexity index is 558. The van der Waals surface area contributed by atoms with Crippen LogP contribution in [0.1, 0.15) is 26.3 Å². The number of halogens is 1. The molecule has 0 saturated heterocycles. The van der Waals surface area contributed by atoms with Crippen molar-refractivity contribution in [1.82, 2.24) is 10.1 Å². The third-order valence-electron chi connectivity index (χ3n) is 2.27. The smallest absolute Gasteiger partial charge is 0.322 e. The molecule has 1 N–H and O–H groups in total. The maximum atomic E-state index is 5.19. The molecule has 96 valence electrons. The van der Waals surface area contributed by atoms with E-state index in [0.29, 0.717) is 11.8 Å². The Hall–Kier alpha value is -1.36. The fraction of sp³-hybridized carbons (Fsp3) is 0.385. The lowest BCUT2D eigenvalue weighted by Gasteiger charge is -2.17. The quantitative estimate of drug-likeness (QED) is 0.910. The van der Waals surface area contributed by atoms with Gasteiger partial charge in [0.2, 0.25) is 5.82 Å². The molecule has 18 heavy (non-hydrogen) atoms. The molecule has 0 spiro atoms. The highest BCUT2D eigenvalue weighted by Crippen LogP contribution is 2.28. The summed E-state index contributed by atoms with van der Waals surface area (Å²) in [5, 5.41) is 7.13. The Kier molecular flexibility index (Phi) is 3.43. The van der Waals surface area contributed by atoms with Gasteiger partial charge in [-0.05, 0) is 45.4 Å². The third-order valence-corrected chi connectivity index (χ3v) is 2.93. The second kappa shape index (κ2) is 4.72. The van der Waals surface area contributed by atoms with E-state index >= 15 is 0 Å². The van der Waals surface area contributed by atoms with Crippen LogP contribution in [-0.4, -0.2) is 15.7 Å². The largest absolute Gasteiger partial charge is 0.333 e. The minimum absolute atomic E-state index is 0.103. The SMILES string of the molecule is Cc1ccc(-c2noc(NC(C)(C)C)n2)c(Br)c1. The Balaban J connectivity index is 2.29. The first kappa shape index (κ1) is 13.1. The fourth-order valence-corrected chi connectivity index (χ4v) is 2.18. The van der Waals surface area contributed by atoms with Crippen molar-refractivity contribution in [3.8, 4) is 11.4 Å². The maximum absolute atomic E-state index is 5.19. The zero-order valence-electron chi connectivity index (χ0n) is 10.9. The van der Waals surface area contributed by atoms with Crippen molar-refractivity contribution >= 4 is 21.9 Å². The van der Waals surface area contributed by atoms with Crippen LogP contribution in [0.2, 0.25) is 0 Å². The highest BCUT2D eigenvalue weighted by Gasteiger charge is 2.16. The number of rotatable bonds is 2. The number of aryl methyl sites for hydroxylation is 1. The molecular formula is C13H16BrN3O. The molecular weight excluding hydrogens is 294 g/mol. The van der Waals surface area contributed by atoms with Gasteiger partial charge in [-0.15, -0.1) is 0 Å². The van der Waals surface area contributed by atoms with Gasteiger partial charge in [-0.2, -0.15) is 4.98 Å². The molecule has 0 unspecified atom stereocenters. The second-order valence-corrected chi connectivity index (χ2v) is 6.14. The summed E-state index contributed by atoms with van der Waals surface area (Å²) in [6, 6.07) is 6.46. The van der Waals surface area contributed by atoms with E-state index in [1.54, 1.807) is 0 Å². The zero-order chi connectivity index (χ0) is 13.3. The number of aromatic nitrogens is 2. The highest BCUT2D eigenvalue weighted by atomic mass is 79.9. The van der Waals surface area contributed by atoms with Crippen LogP contribution >= 0.6 is 15.9 Å². The first-order valence-corrected chi connectivity index (χ1v) is 6.53. The first-order chi connectivity index (χ1) is 8.35. The van der Waals surface area contributed by atoms with E-state index in [2.05, 4.69) is 31.4 Å². The van der Waals surface area contributed by atoms with Gasteiger partial charge in [0, 0.05) is 15.6 Å². The van der Waals surface area contributed by atoms with Gasteiger partial charge in [0.05, 0.1) is 0 Å². The molecule has 1 aromatic heterocycles. The van der Waals surface area contributed by atoms with Gasteiger partial charge in [-0.3, -0.25) is 0 Å². The summed E-state index contributed by atoms with van der Waals surface area (Å²) in [7, 11) is 0. The van der Waals surface area contributed by atoms with Gasteiger partial charge in [0.25, 0.3) is 0 Å². The summed E-state index contributed by atoms with van der Waals surface area (Å²) in [5.74, 6) is 0.577. The van der Waals surface area contributed by atoms with E-state index in [0.717, 1.165) is 10.0 Å². The molecule has 1 heterocycles. The third kappa shape index (κ3) is 3.10. The van der Waals surface area contributed by atoms with E-state index in [-0.39, 0.29) is 5.54 Å². The van der Waals surface area contributed by atoms with Crippen LogP contribution in [0, 0.1) is 6.92 Å². The number of nitrogens with zero attached hydrogens (tertiary/aromatic N) is 2. The maximum Gasteiger partial charge on any atom is 0.322 e. The predicted octanol–water partition coefficient (Wildman–Crippen LogP) is 4.02. The van der Waals surface area contributed by atoms with Crippen molar-refractivity contribution in [3.63, 3.8) is 0 Å². The number of benzene rings is 1. The lowest BCUT2D eigenvalue weighted by molar-refractivity contribution is 0.420. The summed E-state index contributed by atoms with van der Waals surface area (Å²) in [5.41, 5.74) is 2.00. The molecule has 0 aliphatic rings. The molecule has 0 radical (unpaired) electrons. The molecule has 0 bridgehead atoms. The van der Waals surface area contributed by atoms with Crippen LogP contribution in [0.4, 0.5) is 6.01 Å². The molecule has 0 fully saturated rings. The summed E-state index contributed by atoms with van der Waals surface area (Å²) in [4.78, 5) is 4.34. The van der Waals surface area contributed by atoms with Crippen molar-refractivity contribution in [2.75, 3.05) is 5.32 Å². The number of nitrogens with one attached hydrogen (secondary N) is 1. The second-order valence-electron chi connectivity index (χ2n) is 5.28. The molecule has 2 rings (SSSR count). The number of hydrogen-bond donors (Lipinski definition) is 1. The number of anilines is 1. The zero-order valence-corrected chi connectivity index (χ0v) is 12.5. The van der Waals surface area contributed by atoms with Gasteiger partial charge >= 0.3 is 6.01 Å². The van der Waals surface area contributed by atoms with Gasteiger partial charge in [0.1, 0.15) is 0 Å². The molecule has 2 aromatic rings. The van der Waals surface area contributed by atoms with Crippen LogP contribution in [0.25, 0.3) is 11.4 Å². The van der Waals surface area contributed by atoms with Crippen LogP contribution in [0.3, 0.4) is 0 Å². The van der Waals surface area contributed by atoms with E-state index in [9.17, 15) is 0 Å². The molecule has 0 amide bonds. The van der Waals surface area contributed by atoms with Crippen molar-refractivity contribution in [1.29, 1.82) is 0 Å². The lowest BCUT2D eigenvalue weighted by atomic mass is 10.1. The van der Waals surface area contributed by atoms with Crippen molar-refractivity contribution < 1.29 is 4.52 Å². The Morgan fingerprint density at radius 2 is 2.00 bits per heavy atom. The highest BCUT2D eigenvalue weighted by molar-refractivity contribution is 9.10. The predicted molar refractivity (Wildman–Crippen MR) is 75.5 cm³/mol. The first-order valence-electron chi connectivity index (χ1n) is 5.73. The molecule has 0 aliphatic carbocycles. The van der Waals surface area contributed by atoms with E-state index in [4.69, 9.17) is 4.52 Å². The van der Waals surface area contributed by atoms with Gasteiger partial charge in [-0.1, -0.05) is 27.2 Å². The van der Waals surface area contributed by atoms with Crippen LogP contribution < -0.4 is 5.32 Å². The van der Waals surface area contributed by atoms with Crippen LogP contribution in [0.5, 0.6) is 0 Å². The van der Waals surface area contributed by atoms with Gasteiger partial charge < -0.3 is 9.84 Å². The summed E-state index contributed by atoms with van der Waals surface area (Å²) in [6.45, 7) is 8.16. The monoisotopic (exact) mass is 309 g/mol. The minimum Gasteiger partial charge on any atom is -0.333 e. The fourth-order valence-electron chi connectivity index (χ4n) is 1.51. The van der Waals surface area contributed by atoms with Gasteiger partial charge in [-0.25, -0.2) is 0 Å². The van der Waals surface area contributed by atoms with E-state index in [1.807, 2.05) is 45.9 Å².